The third-order valence-electron chi connectivity index (χ3n) is 3.18. The van der Waals surface area contributed by atoms with Crippen LogP contribution in [-0.4, -0.2) is 19.1 Å². The monoisotopic (exact) mass is 318 g/mol. The average molecular weight is 318 g/mol. The first kappa shape index (κ1) is 16.0. The fourth-order valence-corrected chi connectivity index (χ4v) is 2.76. The van der Waals surface area contributed by atoms with Crippen LogP contribution < -0.4 is 10.6 Å². The van der Waals surface area contributed by atoms with E-state index in [9.17, 15) is 9.59 Å². The highest BCUT2D eigenvalue weighted by Crippen LogP contribution is 2.14. The van der Waals surface area contributed by atoms with Gasteiger partial charge in [0, 0.05) is 11.4 Å². The first-order valence-electron chi connectivity index (χ1n) is 6.82. The molecule has 0 fully saturated rings. The summed E-state index contributed by atoms with van der Waals surface area (Å²) in [5.74, 6) is -0.389. The van der Waals surface area contributed by atoms with Gasteiger partial charge in [-0.2, -0.15) is 0 Å². The molecular formula is C16H18N2O3S. The molecule has 2 N–H and O–H groups in total. The van der Waals surface area contributed by atoms with Crippen molar-refractivity contribution < 1.29 is 14.3 Å². The third-order valence-corrected chi connectivity index (χ3v) is 4.20. The van der Waals surface area contributed by atoms with Gasteiger partial charge in [0.1, 0.15) is 0 Å². The highest BCUT2D eigenvalue weighted by Gasteiger charge is 2.07. The van der Waals surface area contributed by atoms with Crippen molar-refractivity contribution >= 4 is 23.3 Å². The third kappa shape index (κ3) is 4.33. The number of carbonyl (C=O) groups excluding carboxylic acids is 2. The van der Waals surface area contributed by atoms with Crippen LogP contribution in [0.3, 0.4) is 0 Å². The van der Waals surface area contributed by atoms with E-state index in [-0.39, 0.29) is 12.0 Å². The Balaban J connectivity index is 1.83. The van der Waals surface area contributed by atoms with Crippen molar-refractivity contribution in [2.75, 3.05) is 7.11 Å². The minimum Gasteiger partial charge on any atom is -0.465 e. The zero-order valence-corrected chi connectivity index (χ0v) is 13.3. The molecule has 0 aliphatic carbocycles. The molecule has 0 aliphatic heterocycles. The molecule has 1 aromatic carbocycles. The highest BCUT2D eigenvalue weighted by atomic mass is 32.1. The highest BCUT2D eigenvalue weighted by molar-refractivity contribution is 7.10. The summed E-state index contributed by atoms with van der Waals surface area (Å²) in [4.78, 5) is 24.4. The Morgan fingerprint density at radius 3 is 2.64 bits per heavy atom. The lowest BCUT2D eigenvalue weighted by molar-refractivity contribution is 0.0600. The standard InChI is InChI=1S/C16H18N2O3S/c1-11-6-7-22-14(11)10-18-16(20)17-9-12-4-3-5-13(8-12)15(19)21-2/h3-8H,9-10H2,1-2H3,(H2,17,18,20). The van der Waals surface area contributed by atoms with E-state index in [0.717, 1.165) is 10.4 Å². The van der Waals surface area contributed by atoms with Crippen molar-refractivity contribution in [1.82, 2.24) is 10.6 Å². The molecule has 22 heavy (non-hydrogen) atoms. The van der Waals surface area contributed by atoms with Crippen LogP contribution in [0.5, 0.6) is 0 Å². The number of thiophene rings is 1. The van der Waals surface area contributed by atoms with E-state index in [1.54, 1.807) is 29.5 Å². The molecule has 0 unspecified atom stereocenters. The van der Waals surface area contributed by atoms with Gasteiger partial charge in [-0.25, -0.2) is 9.59 Å². The van der Waals surface area contributed by atoms with Gasteiger partial charge < -0.3 is 15.4 Å². The number of benzene rings is 1. The summed E-state index contributed by atoms with van der Waals surface area (Å²) >= 11 is 1.62. The molecule has 0 radical (unpaired) electrons. The number of hydrogen-bond acceptors (Lipinski definition) is 4. The maximum Gasteiger partial charge on any atom is 0.337 e. The average Bonchev–Trinajstić information content (AvgIpc) is 2.95. The fourth-order valence-electron chi connectivity index (χ4n) is 1.92. The Morgan fingerprint density at radius 2 is 1.95 bits per heavy atom. The normalized spacial score (nSPS) is 10.1. The summed E-state index contributed by atoms with van der Waals surface area (Å²) in [5, 5.41) is 7.58. The molecule has 5 nitrogen and oxygen atoms in total. The van der Waals surface area contributed by atoms with Crippen LogP contribution in [0.2, 0.25) is 0 Å². The van der Waals surface area contributed by atoms with Crippen molar-refractivity contribution in [3.8, 4) is 0 Å². The molecule has 0 saturated carbocycles. The topological polar surface area (TPSA) is 67.4 Å². The Kier molecular flexibility index (Phi) is 5.55. The first-order valence-corrected chi connectivity index (χ1v) is 7.70. The summed E-state index contributed by atoms with van der Waals surface area (Å²) < 4.78 is 4.67. The molecule has 0 aliphatic rings. The van der Waals surface area contributed by atoms with Crippen LogP contribution in [0.25, 0.3) is 0 Å². The number of nitrogens with one attached hydrogen (secondary N) is 2. The van der Waals surface area contributed by atoms with E-state index >= 15 is 0 Å². The zero-order chi connectivity index (χ0) is 15.9. The molecule has 0 bridgehead atoms. The number of aryl methyl sites for hydroxylation is 1. The number of carbonyl (C=O) groups is 2. The summed E-state index contributed by atoms with van der Waals surface area (Å²) in [6.45, 7) is 2.88. The Bertz CT molecular complexity index is 667. The molecule has 2 rings (SSSR count). The molecule has 1 heterocycles. The fraction of sp³-hybridized carbons (Fsp3) is 0.250. The largest absolute Gasteiger partial charge is 0.465 e. The van der Waals surface area contributed by atoms with Crippen LogP contribution >= 0.6 is 11.3 Å². The summed E-state index contributed by atoms with van der Waals surface area (Å²) in [5.41, 5.74) is 2.48. The number of amides is 2. The number of esters is 1. The summed E-state index contributed by atoms with van der Waals surface area (Å²) in [7, 11) is 1.34. The number of ether oxygens (including phenoxy) is 1. The molecule has 116 valence electrons. The van der Waals surface area contributed by atoms with E-state index in [4.69, 9.17) is 0 Å². The molecule has 1 aromatic heterocycles. The number of methoxy groups -OCH3 is 1. The second-order valence-electron chi connectivity index (χ2n) is 4.75. The van der Waals surface area contributed by atoms with Gasteiger partial charge in [-0.15, -0.1) is 11.3 Å². The van der Waals surface area contributed by atoms with E-state index < -0.39 is 0 Å². The second-order valence-corrected chi connectivity index (χ2v) is 5.76. The smallest absolute Gasteiger partial charge is 0.337 e. The Morgan fingerprint density at radius 1 is 1.18 bits per heavy atom. The lowest BCUT2D eigenvalue weighted by Crippen LogP contribution is -2.34. The summed E-state index contributed by atoms with van der Waals surface area (Å²) in [6, 6.07) is 8.77. The van der Waals surface area contributed by atoms with Gasteiger partial charge in [0.05, 0.1) is 19.2 Å². The van der Waals surface area contributed by atoms with Crippen LogP contribution in [0.4, 0.5) is 4.79 Å². The van der Waals surface area contributed by atoms with Crippen LogP contribution in [0.1, 0.15) is 26.4 Å². The molecule has 0 saturated heterocycles. The van der Waals surface area contributed by atoms with Gasteiger partial charge in [0.15, 0.2) is 0 Å². The minimum absolute atomic E-state index is 0.240. The quantitative estimate of drug-likeness (QED) is 0.833. The number of rotatable bonds is 5. The zero-order valence-electron chi connectivity index (χ0n) is 12.5. The minimum atomic E-state index is -0.389. The van der Waals surface area contributed by atoms with E-state index in [1.165, 1.54) is 12.7 Å². The predicted octanol–water partition coefficient (Wildman–Crippen LogP) is 2.84. The van der Waals surface area contributed by atoms with Gasteiger partial charge in [-0.05, 0) is 41.6 Å². The van der Waals surface area contributed by atoms with Gasteiger partial charge in [-0.3, -0.25) is 0 Å². The van der Waals surface area contributed by atoms with Gasteiger partial charge in [0.25, 0.3) is 0 Å². The van der Waals surface area contributed by atoms with Gasteiger partial charge >= 0.3 is 12.0 Å². The Labute approximate surface area is 133 Å². The van der Waals surface area contributed by atoms with Gasteiger partial charge in [0.2, 0.25) is 0 Å². The lowest BCUT2D eigenvalue weighted by atomic mass is 10.1. The van der Waals surface area contributed by atoms with E-state index in [2.05, 4.69) is 15.4 Å². The predicted molar refractivity (Wildman–Crippen MR) is 85.9 cm³/mol. The number of hydrogen-bond donors (Lipinski definition) is 2. The van der Waals surface area contributed by atoms with Crippen LogP contribution in [-0.2, 0) is 17.8 Å². The SMILES string of the molecule is COC(=O)c1cccc(CNC(=O)NCc2sccc2C)c1. The molecular weight excluding hydrogens is 300 g/mol. The Hall–Kier alpha value is -2.34. The number of urea groups is 1. The maximum atomic E-state index is 11.8. The molecule has 0 spiro atoms. The summed E-state index contributed by atoms with van der Waals surface area (Å²) in [6.07, 6.45) is 0. The van der Waals surface area contributed by atoms with Crippen LogP contribution in [0.15, 0.2) is 35.7 Å². The van der Waals surface area contributed by atoms with E-state index in [0.29, 0.717) is 18.7 Å². The molecule has 0 atom stereocenters. The van der Waals surface area contributed by atoms with Crippen molar-refractivity contribution in [1.29, 1.82) is 0 Å². The lowest BCUT2D eigenvalue weighted by Gasteiger charge is -2.08. The molecule has 6 heteroatoms. The molecule has 2 aromatic rings. The van der Waals surface area contributed by atoms with Crippen molar-refractivity contribution in [2.24, 2.45) is 0 Å². The maximum absolute atomic E-state index is 11.8. The first-order chi connectivity index (χ1) is 10.6. The molecule has 2 amide bonds. The van der Waals surface area contributed by atoms with Crippen molar-refractivity contribution in [3.05, 3.63) is 57.3 Å². The van der Waals surface area contributed by atoms with Crippen molar-refractivity contribution in [2.45, 2.75) is 20.0 Å². The van der Waals surface area contributed by atoms with Crippen LogP contribution in [0, 0.1) is 6.92 Å². The van der Waals surface area contributed by atoms with Crippen molar-refractivity contribution in [3.63, 3.8) is 0 Å². The van der Waals surface area contributed by atoms with Gasteiger partial charge in [-0.1, -0.05) is 12.1 Å². The second kappa shape index (κ2) is 7.61. The van der Waals surface area contributed by atoms with E-state index in [1.807, 2.05) is 24.4 Å².